The van der Waals surface area contributed by atoms with E-state index in [1.54, 1.807) is 0 Å². The predicted octanol–water partition coefficient (Wildman–Crippen LogP) is 5.30. The van der Waals surface area contributed by atoms with Crippen LogP contribution in [0.2, 0.25) is 0 Å². The van der Waals surface area contributed by atoms with Gasteiger partial charge in [-0.2, -0.15) is 0 Å². The van der Waals surface area contributed by atoms with Gasteiger partial charge in [-0.1, -0.05) is 62.1 Å². The molecule has 1 aliphatic rings. The predicted molar refractivity (Wildman–Crippen MR) is 120 cm³/mol. The van der Waals surface area contributed by atoms with Crippen LogP contribution in [0.5, 0.6) is 0 Å². The van der Waals surface area contributed by atoms with E-state index in [1.807, 2.05) is 30.3 Å². The second-order valence-corrected chi connectivity index (χ2v) is 7.76. The van der Waals surface area contributed by atoms with E-state index in [2.05, 4.69) is 66.7 Å². The van der Waals surface area contributed by atoms with Crippen molar-refractivity contribution in [2.45, 2.75) is 51.6 Å². The molecule has 1 fully saturated rings. The van der Waals surface area contributed by atoms with Gasteiger partial charge in [-0.15, -0.1) is 0 Å². The Labute approximate surface area is 170 Å². The molecule has 1 saturated heterocycles. The molecule has 0 bridgehead atoms. The first kappa shape index (κ1) is 20.2. The monoisotopic (exact) mass is 372 g/mol. The van der Waals surface area contributed by atoms with Crippen molar-refractivity contribution in [2.75, 3.05) is 13.1 Å². The third-order valence-electron chi connectivity index (χ3n) is 5.46. The fraction of sp³-hybridized carbons (Fsp3) is 0.385. The number of hydrogen-bond donors (Lipinski definition) is 1. The van der Waals surface area contributed by atoms with E-state index in [9.17, 15) is 0 Å². The zero-order valence-electron chi connectivity index (χ0n) is 17.2. The Kier molecular flexibility index (Phi) is 7.34. The van der Waals surface area contributed by atoms with Crippen molar-refractivity contribution in [3.63, 3.8) is 0 Å². The van der Waals surface area contributed by atoms with Crippen LogP contribution in [0, 0.1) is 11.8 Å². The molecule has 1 atom stereocenters. The van der Waals surface area contributed by atoms with Gasteiger partial charge in [-0.05, 0) is 56.0 Å². The first-order chi connectivity index (χ1) is 13.7. The number of rotatable bonds is 6. The van der Waals surface area contributed by atoms with Gasteiger partial charge in [0.05, 0.1) is 0 Å². The molecule has 1 unspecified atom stereocenters. The van der Waals surface area contributed by atoms with E-state index >= 15 is 0 Å². The molecule has 0 spiro atoms. The lowest BCUT2D eigenvalue weighted by molar-refractivity contribution is 0.257. The van der Waals surface area contributed by atoms with Crippen LogP contribution < -0.4 is 5.32 Å². The average Bonchev–Trinajstić information content (AvgIpc) is 2.73. The van der Waals surface area contributed by atoms with E-state index in [1.165, 1.54) is 31.2 Å². The highest BCUT2D eigenvalue weighted by Crippen LogP contribution is 2.23. The summed E-state index contributed by atoms with van der Waals surface area (Å²) < 4.78 is 0. The second-order valence-electron chi connectivity index (χ2n) is 7.76. The van der Waals surface area contributed by atoms with Crippen molar-refractivity contribution in [3.8, 4) is 11.8 Å². The molecule has 0 aromatic heterocycles. The van der Waals surface area contributed by atoms with Gasteiger partial charge in [0.1, 0.15) is 0 Å². The highest BCUT2D eigenvalue weighted by molar-refractivity contribution is 5.63. The quantitative estimate of drug-likeness (QED) is 0.692. The molecule has 0 radical (unpaired) electrons. The molecule has 0 saturated carbocycles. The fourth-order valence-corrected chi connectivity index (χ4v) is 3.83. The maximum Gasteiger partial charge on any atom is 0.0366 e. The summed E-state index contributed by atoms with van der Waals surface area (Å²) in [6.45, 7) is 11.1. The Hall–Kier alpha value is -2.50. The maximum atomic E-state index is 4.36. The lowest BCUT2D eigenvalue weighted by Crippen LogP contribution is -2.44. The molecule has 146 valence electrons. The zero-order chi connectivity index (χ0) is 19.8. The Morgan fingerprint density at radius 3 is 2.25 bits per heavy atom. The minimum absolute atomic E-state index is 0.620. The van der Waals surface area contributed by atoms with Crippen molar-refractivity contribution >= 4 is 5.70 Å². The third kappa shape index (κ3) is 5.75. The summed E-state index contributed by atoms with van der Waals surface area (Å²) in [5, 5.41) is 3.78. The fourth-order valence-electron chi connectivity index (χ4n) is 3.83. The Bertz CT molecular complexity index is 803. The average molecular weight is 373 g/mol. The molecular formula is C26H32N2. The third-order valence-corrected chi connectivity index (χ3v) is 5.46. The van der Waals surface area contributed by atoms with Gasteiger partial charge < -0.3 is 10.2 Å². The van der Waals surface area contributed by atoms with E-state index in [4.69, 9.17) is 0 Å². The number of benzene rings is 2. The summed E-state index contributed by atoms with van der Waals surface area (Å²) in [7, 11) is 0. The lowest BCUT2D eigenvalue weighted by atomic mass is 10.0. The van der Waals surface area contributed by atoms with Crippen LogP contribution in [-0.4, -0.2) is 30.1 Å². The minimum atomic E-state index is 0.620. The van der Waals surface area contributed by atoms with Crippen molar-refractivity contribution in [2.24, 2.45) is 0 Å². The zero-order valence-corrected chi connectivity index (χ0v) is 17.2. The van der Waals surface area contributed by atoms with Crippen LogP contribution in [0.3, 0.4) is 0 Å². The van der Waals surface area contributed by atoms with Crippen LogP contribution >= 0.6 is 0 Å². The van der Waals surface area contributed by atoms with Gasteiger partial charge in [-0.25, -0.2) is 0 Å². The summed E-state index contributed by atoms with van der Waals surface area (Å²) in [5.74, 6) is 6.45. The van der Waals surface area contributed by atoms with Gasteiger partial charge in [0, 0.05) is 42.0 Å². The molecule has 1 aliphatic heterocycles. The second kappa shape index (κ2) is 10.2. The number of nitrogens with one attached hydrogen (secondary N) is 1. The summed E-state index contributed by atoms with van der Waals surface area (Å²) in [6, 6.07) is 19.8. The largest absolute Gasteiger partial charge is 0.371 e. The summed E-state index contributed by atoms with van der Waals surface area (Å²) in [5.41, 5.74) is 4.40. The smallest absolute Gasteiger partial charge is 0.0366 e. The normalized spacial score (nSPS) is 15.6. The SMILES string of the molecule is C=C(c1ccc(C#Cc2ccccc2)cc1)N1CCC(NC(C)CCC)CC1. The van der Waals surface area contributed by atoms with E-state index in [-0.39, 0.29) is 0 Å². The molecule has 2 heteroatoms. The number of nitrogens with zero attached hydrogens (tertiary/aromatic N) is 1. The summed E-state index contributed by atoms with van der Waals surface area (Å²) in [6.07, 6.45) is 4.88. The van der Waals surface area contributed by atoms with Crippen molar-refractivity contribution < 1.29 is 0 Å². The topological polar surface area (TPSA) is 15.3 Å². The maximum absolute atomic E-state index is 4.36. The van der Waals surface area contributed by atoms with Crippen molar-refractivity contribution in [1.82, 2.24) is 10.2 Å². The molecule has 2 aromatic carbocycles. The van der Waals surface area contributed by atoms with E-state index in [0.29, 0.717) is 12.1 Å². The Morgan fingerprint density at radius 2 is 1.64 bits per heavy atom. The molecule has 3 rings (SSSR count). The Balaban J connectivity index is 1.53. The summed E-state index contributed by atoms with van der Waals surface area (Å²) in [4.78, 5) is 2.42. The molecule has 28 heavy (non-hydrogen) atoms. The van der Waals surface area contributed by atoms with Crippen molar-refractivity contribution in [1.29, 1.82) is 0 Å². The van der Waals surface area contributed by atoms with Gasteiger partial charge in [0.2, 0.25) is 0 Å². The van der Waals surface area contributed by atoms with Gasteiger partial charge in [0.25, 0.3) is 0 Å². The molecule has 1 N–H and O–H groups in total. The number of likely N-dealkylation sites (tertiary alicyclic amines) is 1. The molecule has 0 aliphatic carbocycles. The van der Waals surface area contributed by atoms with Crippen LogP contribution in [0.15, 0.2) is 61.2 Å². The molecular weight excluding hydrogens is 340 g/mol. The number of piperidine rings is 1. The van der Waals surface area contributed by atoms with Crippen LogP contribution in [0.1, 0.15) is 56.2 Å². The molecule has 0 amide bonds. The highest BCUT2D eigenvalue weighted by Gasteiger charge is 2.21. The van der Waals surface area contributed by atoms with Crippen molar-refractivity contribution in [3.05, 3.63) is 77.9 Å². The Morgan fingerprint density at radius 1 is 1.04 bits per heavy atom. The number of hydrogen-bond acceptors (Lipinski definition) is 2. The van der Waals surface area contributed by atoms with Crippen LogP contribution in [0.4, 0.5) is 0 Å². The standard InChI is InChI=1S/C26H32N2/c1-4-8-21(2)27-26-17-19-28(20-18-26)22(3)25-15-13-24(14-16-25)12-11-23-9-6-5-7-10-23/h5-7,9-10,13-16,21,26-27H,3-4,8,17-20H2,1-2H3. The van der Waals surface area contributed by atoms with Gasteiger partial charge in [0.15, 0.2) is 0 Å². The van der Waals surface area contributed by atoms with E-state index in [0.717, 1.165) is 29.9 Å². The molecule has 1 heterocycles. The molecule has 2 aromatic rings. The van der Waals surface area contributed by atoms with E-state index < -0.39 is 0 Å². The minimum Gasteiger partial charge on any atom is -0.371 e. The first-order valence-electron chi connectivity index (χ1n) is 10.5. The summed E-state index contributed by atoms with van der Waals surface area (Å²) >= 11 is 0. The lowest BCUT2D eigenvalue weighted by Gasteiger charge is -2.36. The molecule has 2 nitrogen and oxygen atoms in total. The van der Waals surface area contributed by atoms with Crippen LogP contribution in [0.25, 0.3) is 5.70 Å². The van der Waals surface area contributed by atoms with Gasteiger partial charge in [-0.3, -0.25) is 0 Å². The highest BCUT2D eigenvalue weighted by atomic mass is 15.2. The first-order valence-corrected chi connectivity index (χ1v) is 10.5. The van der Waals surface area contributed by atoms with Gasteiger partial charge >= 0.3 is 0 Å². The van der Waals surface area contributed by atoms with Crippen LogP contribution in [-0.2, 0) is 0 Å².